The molecule has 0 radical (unpaired) electrons. The van der Waals surface area contributed by atoms with E-state index in [1.165, 1.54) is 12.3 Å². The monoisotopic (exact) mass is 333 g/mol. The summed E-state index contributed by atoms with van der Waals surface area (Å²) >= 11 is 6.16. The van der Waals surface area contributed by atoms with Gasteiger partial charge in [-0.25, -0.2) is 9.97 Å². The third-order valence-corrected chi connectivity index (χ3v) is 3.66. The summed E-state index contributed by atoms with van der Waals surface area (Å²) in [6.07, 6.45) is 3.83. The molecule has 0 saturated carbocycles. The van der Waals surface area contributed by atoms with Crippen LogP contribution in [0.2, 0.25) is 5.02 Å². The lowest BCUT2D eigenvalue weighted by molar-refractivity contribution is 0.102. The lowest BCUT2D eigenvalue weighted by atomic mass is 10.2. The lowest BCUT2D eigenvalue weighted by Gasteiger charge is -2.12. The van der Waals surface area contributed by atoms with Crippen LogP contribution in [0.15, 0.2) is 30.6 Å². The highest BCUT2D eigenvalue weighted by Crippen LogP contribution is 2.25. The lowest BCUT2D eigenvalue weighted by Crippen LogP contribution is -2.17. The fraction of sp³-hybridized carbons (Fsp3) is 0.312. The Morgan fingerprint density at radius 1 is 1.43 bits per heavy atom. The van der Waals surface area contributed by atoms with Gasteiger partial charge in [0.15, 0.2) is 0 Å². The summed E-state index contributed by atoms with van der Waals surface area (Å²) in [4.78, 5) is 20.4. The van der Waals surface area contributed by atoms with Crippen molar-refractivity contribution in [3.05, 3.63) is 46.7 Å². The molecule has 6 nitrogen and oxygen atoms in total. The van der Waals surface area contributed by atoms with E-state index in [-0.39, 0.29) is 12.0 Å². The summed E-state index contributed by atoms with van der Waals surface area (Å²) < 4.78 is 10.9. The Bertz CT molecular complexity index is 717. The van der Waals surface area contributed by atoms with Gasteiger partial charge in [0.1, 0.15) is 16.9 Å². The predicted octanol–water partition coefficient (Wildman–Crippen LogP) is 2.86. The van der Waals surface area contributed by atoms with Crippen LogP contribution < -0.4 is 10.1 Å². The molecule has 1 fully saturated rings. The van der Waals surface area contributed by atoms with Gasteiger partial charge in [0.05, 0.1) is 18.8 Å². The zero-order valence-electron chi connectivity index (χ0n) is 12.6. The molecule has 0 spiro atoms. The van der Waals surface area contributed by atoms with Gasteiger partial charge in [0.2, 0.25) is 5.88 Å². The first-order valence-corrected chi connectivity index (χ1v) is 7.63. The van der Waals surface area contributed by atoms with Crippen molar-refractivity contribution in [2.24, 2.45) is 0 Å². The van der Waals surface area contributed by atoms with Gasteiger partial charge in [-0.1, -0.05) is 11.6 Å². The number of ether oxygens (including phenoxy) is 2. The molecular formula is C16H16ClN3O3. The number of halogens is 1. The SMILES string of the molecule is Cc1ccnc(NC(=O)c2cnc(OC3CCOC3)c(Cl)c2)c1. The van der Waals surface area contributed by atoms with Gasteiger partial charge in [-0.2, -0.15) is 0 Å². The van der Waals surface area contributed by atoms with Gasteiger partial charge >= 0.3 is 0 Å². The zero-order chi connectivity index (χ0) is 16.2. The Morgan fingerprint density at radius 3 is 3.00 bits per heavy atom. The maximum atomic E-state index is 12.2. The van der Waals surface area contributed by atoms with Crippen LogP contribution in [0.3, 0.4) is 0 Å². The predicted molar refractivity (Wildman–Crippen MR) is 86.0 cm³/mol. The number of carbonyl (C=O) groups is 1. The van der Waals surface area contributed by atoms with E-state index in [4.69, 9.17) is 21.1 Å². The molecule has 1 unspecified atom stereocenters. The maximum Gasteiger partial charge on any atom is 0.258 e. The number of nitrogens with zero attached hydrogens (tertiary/aromatic N) is 2. The standard InChI is InChI=1S/C16H16ClN3O3/c1-10-2-4-18-14(6-10)20-15(21)11-7-13(17)16(19-8-11)23-12-3-5-22-9-12/h2,4,6-8,12H,3,5,9H2,1H3,(H,18,20,21). The average Bonchev–Trinajstić information content (AvgIpc) is 3.02. The Labute approximate surface area is 138 Å². The molecule has 1 aliphatic rings. The van der Waals surface area contributed by atoms with E-state index >= 15 is 0 Å². The second-order valence-electron chi connectivity index (χ2n) is 5.29. The summed E-state index contributed by atoms with van der Waals surface area (Å²) in [7, 11) is 0. The molecular weight excluding hydrogens is 318 g/mol. The quantitative estimate of drug-likeness (QED) is 0.931. The van der Waals surface area contributed by atoms with Gasteiger partial charge in [-0.05, 0) is 30.7 Å². The highest BCUT2D eigenvalue weighted by atomic mass is 35.5. The van der Waals surface area contributed by atoms with Crippen LogP contribution in [-0.4, -0.2) is 35.2 Å². The van der Waals surface area contributed by atoms with E-state index in [2.05, 4.69) is 15.3 Å². The maximum absolute atomic E-state index is 12.2. The van der Waals surface area contributed by atoms with Gasteiger partial charge in [-0.3, -0.25) is 4.79 Å². The van der Waals surface area contributed by atoms with E-state index < -0.39 is 0 Å². The largest absolute Gasteiger partial charge is 0.471 e. The molecule has 120 valence electrons. The number of pyridine rings is 2. The normalized spacial score (nSPS) is 17.0. The van der Waals surface area contributed by atoms with Crippen molar-refractivity contribution >= 4 is 23.3 Å². The Hall–Kier alpha value is -2.18. The number of anilines is 1. The van der Waals surface area contributed by atoms with Crippen LogP contribution in [0.1, 0.15) is 22.3 Å². The molecule has 1 saturated heterocycles. The Kier molecular flexibility index (Phi) is 4.73. The van der Waals surface area contributed by atoms with Crippen molar-refractivity contribution in [1.82, 2.24) is 9.97 Å². The van der Waals surface area contributed by atoms with Crippen LogP contribution in [0.4, 0.5) is 5.82 Å². The molecule has 23 heavy (non-hydrogen) atoms. The second kappa shape index (κ2) is 6.93. The highest BCUT2D eigenvalue weighted by Gasteiger charge is 2.20. The minimum absolute atomic E-state index is 0.0452. The molecule has 1 amide bonds. The number of rotatable bonds is 4. The van der Waals surface area contributed by atoms with Crippen LogP contribution in [0.5, 0.6) is 5.88 Å². The molecule has 1 N–H and O–H groups in total. The van der Waals surface area contributed by atoms with Gasteiger partial charge in [0, 0.05) is 18.8 Å². The number of hydrogen-bond acceptors (Lipinski definition) is 5. The molecule has 3 heterocycles. The molecule has 7 heteroatoms. The van der Waals surface area contributed by atoms with Gasteiger partial charge in [-0.15, -0.1) is 0 Å². The van der Waals surface area contributed by atoms with Crippen molar-refractivity contribution in [2.75, 3.05) is 18.5 Å². The summed E-state index contributed by atoms with van der Waals surface area (Å²) in [5.41, 5.74) is 1.35. The molecule has 3 rings (SSSR count). The average molecular weight is 334 g/mol. The number of amides is 1. The first-order chi connectivity index (χ1) is 11.1. The molecule has 0 aliphatic carbocycles. The van der Waals surface area contributed by atoms with Crippen molar-refractivity contribution in [2.45, 2.75) is 19.4 Å². The molecule has 2 aromatic rings. The fourth-order valence-corrected chi connectivity index (χ4v) is 2.40. The Balaban J connectivity index is 1.70. The highest BCUT2D eigenvalue weighted by molar-refractivity contribution is 6.32. The van der Waals surface area contributed by atoms with Crippen molar-refractivity contribution in [3.8, 4) is 5.88 Å². The molecule has 1 atom stereocenters. The van der Waals surface area contributed by atoms with Gasteiger partial charge < -0.3 is 14.8 Å². The van der Waals surface area contributed by atoms with Crippen LogP contribution in [-0.2, 0) is 4.74 Å². The number of carbonyl (C=O) groups excluding carboxylic acids is 1. The smallest absolute Gasteiger partial charge is 0.258 e. The fourth-order valence-electron chi connectivity index (χ4n) is 2.19. The van der Waals surface area contributed by atoms with Crippen molar-refractivity contribution in [3.63, 3.8) is 0 Å². The second-order valence-corrected chi connectivity index (χ2v) is 5.69. The Morgan fingerprint density at radius 2 is 2.30 bits per heavy atom. The first kappa shape index (κ1) is 15.7. The zero-order valence-corrected chi connectivity index (χ0v) is 13.3. The van der Waals surface area contributed by atoms with Crippen LogP contribution in [0.25, 0.3) is 0 Å². The number of aromatic nitrogens is 2. The summed E-state index contributed by atoms with van der Waals surface area (Å²) in [6, 6.07) is 5.17. The molecule has 2 aromatic heterocycles. The molecule has 1 aliphatic heterocycles. The first-order valence-electron chi connectivity index (χ1n) is 7.26. The van der Waals surface area contributed by atoms with Crippen molar-refractivity contribution in [1.29, 1.82) is 0 Å². The third-order valence-electron chi connectivity index (χ3n) is 3.39. The minimum Gasteiger partial charge on any atom is -0.471 e. The minimum atomic E-state index is -0.326. The number of aryl methyl sites for hydroxylation is 1. The van der Waals surface area contributed by atoms with E-state index in [1.807, 2.05) is 13.0 Å². The van der Waals surface area contributed by atoms with Gasteiger partial charge in [0.25, 0.3) is 5.91 Å². The van der Waals surface area contributed by atoms with Crippen LogP contribution >= 0.6 is 11.6 Å². The number of hydrogen-bond donors (Lipinski definition) is 1. The summed E-state index contributed by atoms with van der Waals surface area (Å²) in [5, 5.41) is 3.00. The summed E-state index contributed by atoms with van der Waals surface area (Å²) in [5.74, 6) is 0.468. The van der Waals surface area contributed by atoms with E-state index in [1.54, 1.807) is 12.3 Å². The molecule has 0 aromatic carbocycles. The van der Waals surface area contributed by atoms with E-state index in [9.17, 15) is 4.79 Å². The van der Waals surface area contributed by atoms with E-state index in [0.717, 1.165) is 12.0 Å². The van der Waals surface area contributed by atoms with Crippen LogP contribution in [0, 0.1) is 6.92 Å². The van der Waals surface area contributed by atoms with Crippen molar-refractivity contribution < 1.29 is 14.3 Å². The third kappa shape index (κ3) is 3.97. The van der Waals surface area contributed by atoms with E-state index in [0.29, 0.717) is 35.5 Å². The molecule has 0 bridgehead atoms. The summed E-state index contributed by atoms with van der Waals surface area (Å²) in [6.45, 7) is 3.13. The topological polar surface area (TPSA) is 73.3 Å². The number of nitrogens with one attached hydrogen (secondary N) is 1.